The highest BCUT2D eigenvalue weighted by atomic mass is 35.5. The first kappa shape index (κ1) is 15.6. The molecule has 21 heavy (non-hydrogen) atoms. The SMILES string of the molecule is Cc1cccc(Cl)c1NC(=O)N[C@H]1CCN(C(C)C)C1=O. The van der Waals surface area contributed by atoms with Gasteiger partial charge in [0, 0.05) is 12.6 Å². The summed E-state index contributed by atoms with van der Waals surface area (Å²) in [7, 11) is 0. The van der Waals surface area contributed by atoms with Gasteiger partial charge in [-0.15, -0.1) is 0 Å². The molecule has 1 aliphatic heterocycles. The summed E-state index contributed by atoms with van der Waals surface area (Å²) in [5.41, 5.74) is 1.45. The maximum absolute atomic E-state index is 12.1. The van der Waals surface area contributed by atoms with Crippen LogP contribution in [0.15, 0.2) is 18.2 Å². The molecule has 114 valence electrons. The first-order valence-electron chi connectivity index (χ1n) is 7.03. The van der Waals surface area contributed by atoms with E-state index in [1.807, 2.05) is 32.9 Å². The van der Waals surface area contributed by atoms with Crippen molar-refractivity contribution in [3.63, 3.8) is 0 Å². The van der Waals surface area contributed by atoms with Crippen molar-refractivity contribution in [3.05, 3.63) is 28.8 Å². The normalized spacial score (nSPS) is 18.2. The van der Waals surface area contributed by atoms with Crippen molar-refractivity contribution < 1.29 is 9.59 Å². The Labute approximate surface area is 129 Å². The summed E-state index contributed by atoms with van der Waals surface area (Å²) in [4.78, 5) is 25.9. The first-order valence-corrected chi connectivity index (χ1v) is 7.41. The van der Waals surface area contributed by atoms with Crippen LogP contribution in [0, 0.1) is 6.92 Å². The van der Waals surface area contributed by atoms with Crippen molar-refractivity contribution in [3.8, 4) is 0 Å². The lowest BCUT2D eigenvalue weighted by atomic mass is 10.2. The molecule has 0 aromatic heterocycles. The molecule has 0 bridgehead atoms. The Kier molecular flexibility index (Phi) is 4.73. The van der Waals surface area contributed by atoms with Crippen LogP contribution in [0.5, 0.6) is 0 Å². The van der Waals surface area contributed by atoms with Crippen molar-refractivity contribution in [1.29, 1.82) is 0 Å². The van der Waals surface area contributed by atoms with Crippen LogP contribution >= 0.6 is 11.6 Å². The van der Waals surface area contributed by atoms with Crippen molar-refractivity contribution in [2.45, 2.75) is 39.3 Å². The third kappa shape index (κ3) is 3.47. The van der Waals surface area contributed by atoms with Crippen molar-refractivity contribution in [2.75, 3.05) is 11.9 Å². The van der Waals surface area contributed by atoms with E-state index in [0.717, 1.165) is 5.56 Å². The number of hydrogen-bond acceptors (Lipinski definition) is 2. The molecule has 1 heterocycles. The Morgan fingerprint density at radius 2 is 2.14 bits per heavy atom. The fourth-order valence-electron chi connectivity index (χ4n) is 2.45. The number of halogens is 1. The largest absolute Gasteiger partial charge is 0.338 e. The molecule has 0 saturated carbocycles. The number of carbonyl (C=O) groups is 2. The van der Waals surface area contributed by atoms with Crippen molar-refractivity contribution >= 4 is 29.2 Å². The number of nitrogens with one attached hydrogen (secondary N) is 2. The number of anilines is 1. The second-order valence-electron chi connectivity index (χ2n) is 5.50. The summed E-state index contributed by atoms with van der Waals surface area (Å²) in [5, 5.41) is 5.91. The first-order chi connectivity index (χ1) is 9.90. The predicted molar refractivity (Wildman–Crippen MR) is 83.6 cm³/mol. The minimum absolute atomic E-state index is 0.0315. The van der Waals surface area contributed by atoms with Gasteiger partial charge in [0.25, 0.3) is 0 Å². The summed E-state index contributed by atoms with van der Waals surface area (Å²) in [6.07, 6.45) is 0.631. The monoisotopic (exact) mass is 309 g/mol. The molecule has 1 aromatic carbocycles. The lowest BCUT2D eigenvalue weighted by Crippen LogP contribution is -2.44. The lowest BCUT2D eigenvalue weighted by Gasteiger charge is -2.21. The van der Waals surface area contributed by atoms with Gasteiger partial charge in [0.2, 0.25) is 5.91 Å². The van der Waals surface area contributed by atoms with Gasteiger partial charge in [-0.3, -0.25) is 4.79 Å². The standard InChI is InChI=1S/C15H20ClN3O2/c1-9(2)19-8-7-12(14(19)20)17-15(21)18-13-10(3)5-4-6-11(13)16/h4-6,9,12H,7-8H2,1-3H3,(H2,17,18,21)/t12-/m0/s1. The number of rotatable bonds is 3. The molecular formula is C15H20ClN3O2. The second-order valence-corrected chi connectivity index (χ2v) is 5.90. The molecule has 2 N–H and O–H groups in total. The van der Waals surface area contributed by atoms with E-state index in [-0.39, 0.29) is 11.9 Å². The Morgan fingerprint density at radius 3 is 2.71 bits per heavy atom. The number of benzene rings is 1. The average molecular weight is 310 g/mol. The maximum atomic E-state index is 12.1. The minimum atomic E-state index is -0.463. The van der Waals surface area contributed by atoms with Crippen LogP contribution in [0.4, 0.5) is 10.5 Å². The van der Waals surface area contributed by atoms with E-state index in [1.54, 1.807) is 11.0 Å². The van der Waals surface area contributed by atoms with Gasteiger partial charge in [-0.05, 0) is 38.8 Å². The number of amides is 3. The Bertz CT molecular complexity index is 540. The fraction of sp³-hybridized carbons (Fsp3) is 0.467. The molecule has 2 rings (SSSR count). The average Bonchev–Trinajstić information content (AvgIpc) is 2.76. The van der Waals surface area contributed by atoms with Crippen molar-refractivity contribution in [2.24, 2.45) is 0 Å². The molecule has 3 amide bonds. The number of nitrogens with zero attached hydrogens (tertiary/aromatic N) is 1. The molecule has 0 unspecified atom stereocenters. The molecule has 0 aliphatic carbocycles. The molecular weight excluding hydrogens is 290 g/mol. The smallest absolute Gasteiger partial charge is 0.319 e. The van der Waals surface area contributed by atoms with Crippen LogP contribution in [0.25, 0.3) is 0 Å². The van der Waals surface area contributed by atoms with E-state index in [1.165, 1.54) is 0 Å². The molecule has 6 heteroatoms. The number of aryl methyl sites for hydroxylation is 1. The lowest BCUT2D eigenvalue weighted by molar-refractivity contribution is -0.130. The maximum Gasteiger partial charge on any atom is 0.319 e. The molecule has 1 atom stereocenters. The van der Waals surface area contributed by atoms with Crippen LogP contribution < -0.4 is 10.6 Å². The quantitative estimate of drug-likeness (QED) is 0.902. The van der Waals surface area contributed by atoms with E-state index >= 15 is 0 Å². The number of carbonyl (C=O) groups excluding carboxylic acids is 2. The Morgan fingerprint density at radius 1 is 1.43 bits per heavy atom. The van der Waals surface area contributed by atoms with Crippen LogP contribution in [0.2, 0.25) is 5.02 Å². The summed E-state index contributed by atoms with van der Waals surface area (Å²) in [6.45, 7) is 6.47. The van der Waals surface area contributed by atoms with E-state index < -0.39 is 12.1 Å². The highest BCUT2D eigenvalue weighted by Crippen LogP contribution is 2.25. The zero-order valence-corrected chi connectivity index (χ0v) is 13.2. The Balaban J connectivity index is 1.99. The summed E-state index contributed by atoms with van der Waals surface area (Å²) < 4.78 is 0. The topological polar surface area (TPSA) is 61.4 Å². The van der Waals surface area contributed by atoms with Crippen LogP contribution in [0.1, 0.15) is 25.8 Å². The van der Waals surface area contributed by atoms with E-state index in [0.29, 0.717) is 23.7 Å². The number of urea groups is 1. The van der Waals surface area contributed by atoms with Gasteiger partial charge in [0.05, 0.1) is 10.7 Å². The van der Waals surface area contributed by atoms with E-state index in [9.17, 15) is 9.59 Å². The fourth-order valence-corrected chi connectivity index (χ4v) is 2.72. The van der Waals surface area contributed by atoms with Gasteiger partial charge in [-0.2, -0.15) is 0 Å². The summed E-state index contributed by atoms with van der Waals surface area (Å²) in [6, 6.07) is 4.68. The minimum Gasteiger partial charge on any atom is -0.338 e. The number of likely N-dealkylation sites (tertiary alicyclic amines) is 1. The highest BCUT2D eigenvalue weighted by Gasteiger charge is 2.34. The summed E-state index contributed by atoms with van der Waals surface area (Å²) >= 11 is 6.07. The van der Waals surface area contributed by atoms with Gasteiger partial charge < -0.3 is 15.5 Å². The Hall–Kier alpha value is -1.75. The van der Waals surface area contributed by atoms with Gasteiger partial charge in [0.15, 0.2) is 0 Å². The van der Waals surface area contributed by atoms with E-state index in [2.05, 4.69) is 10.6 Å². The van der Waals surface area contributed by atoms with Crippen molar-refractivity contribution in [1.82, 2.24) is 10.2 Å². The van der Waals surface area contributed by atoms with Gasteiger partial charge in [-0.25, -0.2) is 4.79 Å². The van der Waals surface area contributed by atoms with Gasteiger partial charge >= 0.3 is 6.03 Å². The van der Waals surface area contributed by atoms with Crippen LogP contribution in [0.3, 0.4) is 0 Å². The van der Waals surface area contributed by atoms with E-state index in [4.69, 9.17) is 11.6 Å². The molecule has 0 spiro atoms. The zero-order valence-electron chi connectivity index (χ0n) is 12.4. The molecule has 5 nitrogen and oxygen atoms in total. The third-order valence-corrected chi connectivity index (χ3v) is 3.94. The van der Waals surface area contributed by atoms with Crippen LogP contribution in [-0.4, -0.2) is 35.5 Å². The van der Waals surface area contributed by atoms with Crippen LogP contribution in [-0.2, 0) is 4.79 Å². The highest BCUT2D eigenvalue weighted by molar-refractivity contribution is 6.33. The number of hydrogen-bond donors (Lipinski definition) is 2. The van der Waals surface area contributed by atoms with Gasteiger partial charge in [0.1, 0.15) is 6.04 Å². The molecule has 1 saturated heterocycles. The molecule has 1 fully saturated rings. The molecule has 1 aliphatic rings. The molecule has 0 radical (unpaired) electrons. The summed E-state index contributed by atoms with van der Waals surface area (Å²) in [5.74, 6) is -0.0315. The number of para-hydroxylation sites is 1. The molecule has 1 aromatic rings. The van der Waals surface area contributed by atoms with Gasteiger partial charge in [-0.1, -0.05) is 23.7 Å². The predicted octanol–water partition coefficient (Wildman–Crippen LogP) is 2.78. The third-order valence-electron chi connectivity index (χ3n) is 3.63. The zero-order chi connectivity index (χ0) is 15.6. The second kappa shape index (κ2) is 6.35.